The Kier molecular flexibility index (Phi) is 5.41. The molecule has 1 unspecified atom stereocenters. The minimum Gasteiger partial charge on any atom is -0.468 e. The summed E-state index contributed by atoms with van der Waals surface area (Å²) < 4.78 is 84.3. The molecule has 15 heteroatoms. The van der Waals surface area contributed by atoms with E-state index in [4.69, 9.17) is 5.73 Å². The summed E-state index contributed by atoms with van der Waals surface area (Å²) in [6.45, 7) is 1.25. The zero-order valence-electron chi connectivity index (χ0n) is 18.0. The summed E-state index contributed by atoms with van der Waals surface area (Å²) in [6.07, 6.45) is -8.24. The van der Waals surface area contributed by atoms with Gasteiger partial charge in [-0.2, -0.15) is 41.7 Å². The van der Waals surface area contributed by atoms with E-state index < -0.39 is 48.0 Å². The quantitative estimate of drug-likeness (QED) is 0.312. The number of aromatic nitrogens is 4. The van der Waals surface area contributed by atoms with Gasteiger partial charge < -0.3 is 15.8 Å². The van der Waals surface area contributed by atoms with Crippen molar-refractivity contribution in [1.29, 1.82) is 0 Å². The van der Waals surface area contributed by atoms with Gasteiger partial charge in [0.2, 0.25) is 5.91 Å². The molecule has 4 rings (SSSR count). The summed E-state index contributed by atoms with van der Waals surface area (Å²) in [7, 11) is 1.07. The van der Waals surface area contributed by atoms with E-state index in [9.17, 15) is 35.9 Å². The van der Waals surface area contributed by atoms with E-state index >= 15 is 0 Å². The number of hydrogen-bond donors (Lipinski definition) is 2. The first kappa shape index (κ1) is 24.2. The highest BCUT2D eigenvalue weighted by molar-refractivity contribution is 6.19. The normalized spacial score (nSPS) is 18.0. The number of aryl methyl sites for hydroxylation is 1. The maximum atomic E-state index is 13.9. The third-order valence-electron chi connectivity index (χ3n) is 5.70. The number of anilines is 2. The van der Waals surface area contributed by atoms with Crippen molar-refractivity contribution >= 4 is 34.4 Å². The standard InChI is InChI=1S/C20H16F6N6O3/c1-18(16(34)35-2)12-13(27)28-17(30-14(12)29-15(18)33)32-11-4-3-8(21)7-9(11)10(31-32)5-6-19(22,23)20(24,25)26/h3-4,7H,5-6H2,1-2H3,(H3,27,28,29,30,33). The molecule has 0 bridgehead atoms. The van der Waals surface area contributed by atoms with Crippen molar-refractivity contribution < 1.29 is 40.7 Å². The van der Waals surface area contributed by atoms with Crippen LogP contribution in [0, 0.1) is 5.82 Å². The van der Waals surface area contributed by atoms with Gasteiger partial charge in [0, 0.05) is 11.8 Å². The highest BCUT2D eigenvalue weighted by Crippen LogP contribution is 2.42. The number of fused-ring (bicyclic) bond motifs is 2. The number of carbonyl (C=O) groups is 2. The molecule has 1 aliphatic rings. The third kappa shape index (κ3) is 3.70. The molecule has 0 radical (unpaired) electrons. The molecule has 0 aliphatic carbocycles. The molecule has 9 nitrogen and oxygen atoms in total. The highest BCUT2D eigenvalue weighted by Gasteiger charge is 2.57. The largest absolute Gasteiger partial charge is 0.468 e. The third-order valence-corrected chi connectivity index (χ3v) is 5.70. The summed E-state index contributed by atoms with van der Waals surface area (Å²) in [5.41, 5.74) is 3.90. The van der Waals surface area contributed by atoms with Gasteiger partial charge in [0.1, 0.15) is 17.5 Å². The van der Waals surface area contributed by atoms with Crippen molar-refractivity contribution in [1.82, 2.24) is 19.7 Å². The number of benzene rings is 1. The molecule has 1 aliphatic heterocycles. The lowest BCUT2D eigenvalue weighted by atomic mass is 9.84. The number of alkyl halides is 5. The summed E-state index contributed by atoms with van der Waals surface area (Å²) in [4.78, 5) is 32.9. The molecule has 1 amide bonds. The van der Waals surface area contributed by atoms with Gasteiger partial charge in [0.15, 0.2) is 5.41 Å². The summed E-state index contributed by atoms with van der Waals surface area (Å²) in [5.74, 6) is -8.26. The minimum absolute atomic E-state index is 0.0471. The second-order valence-electron chi connectivity index (χ2n) is 7.93. The van der Waals surface area contributed by atoms with Gasteiger partial charge in [-0.05, 0) is 31.5 Å². The molecular formula is C20H16F6N6O3. The lowest BCUT2D eigenvalue weighted by molar-refractivity contribution is -0.284. The maximum absolute atomic E-state index is 13.9. The minimum atomic E-state index is -5.77. The zero-order valence-corrected chi connectivity index (χ0v) is 18.0. The molecule has 3 N–H and O–H groups in total. The lowest BCUT2D eigenvalue weighted by Gasteiger charge is -2.19. The van der Waals surface area contributed by atoms with Crippen molar-refractivity contribution in [2.75, 3.05) is 18.2 Å². The molecule has 3 aromatic rings. The zero-order chi connectivity index (χ0) is 25.9. The van der Waals surface area contributed by atoms with Gasteiger partial charge in [0.05, 0.1) is 23.9 Å². The summed E-state index contributed by atoms with van der Waals surface area (Å²) in [5, 5.41) is 6.36. The first-order valence-electron chi connectivity index (χ1n) is 9.90. The van der Waals surface area contributed by atoms with E-state index in [1.165, 1.54) is 13.0 Å². The Labute approximate surface area is 192 Å². The predicted molar refractivity (Wildman–Crippen MR) is 108 cm³/mol. The monoisotopic (exact) mass is 502 g/mol. The number of amides is 1. The molecule has 0 spiro atoms. The van der Waals surface area contributed by atoms with E-state index in [0.29, 0.717) is 0 Å². The number of halogens is 6. The molecule has 35 heavy (non-hydrogen) atoms. The molecule has 1 atom stereocenters. The lowest BCUT2D eigenvalue weighted by Crippen LogP contribution is -2.40. The van der Waals surface area contributed by atoms with Crippen molar-refractivity contribution in [3.63, 3.8) is 0 Å². The van der Waals surface area contributed by atoms with Crippen LogP contribution in [0.2, 0.25) is 0 Å². The predicted octanol–water partition coefficient (Wildman–Crippen LogP) is 3.05. The van der Waals surface area contributed by atoms with Crippen LogP contribution in [-0.4, -0.2) is 50.8 Å². The number of hydrogen-bond acceptors (Lipinski definition) is 7. The number of nitrogen functional groups attached to an aromatic ring is 1. The van der Waals surface area contributed by atoms with E-state index in [2.05, 4.69) is 25.1 Å². The van der Waals surface area contributed by atoms with Gasteiger partial charge in [-0.15, -0.1) is 0 Å². The van der Waals surface area contributed by atoms with Crippen molar-refractivity contribution in [2.24, 2.45) is 0 Å². The maximum Gasteiger partial charge on any atom is 0.453 e. The van der Waals surface area contributed by atoms with Gasteiger partial charge in [-0.1, -0.05) is 0 Å². The van der Waals surface area contributed by atoms with Gasteiger partial charge in [-0.25, -0.2) is 4.39 Å². The Morgan fingerprint density at radius 1 is 1.23 bits per heavy atom. The average Bonchev–Trinajstić information content (AvgIpc) is 3.25. The van der Waals surface area contributed by atoms with Crippen molar-refractivity contribution in [3.05, 3.63) is 35.3 Å². The number of esters is 1. The molecule has 186 valence electrons. The second kappa shape index (κ2) is 7.81. The van der Waals surface area contributed by atoms with Crippen LogP contribution in [-0.2, 0) is 26.2 Å². The topological polar surface area (TPSA) is 125 Å². The van der Waals surface area contributed by atoms with Crippen molar-refractivity contribution in [3.8, 4) is 5.95 Å². The van der Waals surface area contributed by atoms with Crippen molar-refractivity contribution in [2.45, 2.75) is 37.3 Å². The average molecular weight is 502 g/mol. The Hall–Kier alpha value is -3.91. The van der Waals surface area contributed by atoms with Crippen LogP contribution in [0.3, 0.4) is 0 Å². The smallest absolute Gasteiger partial charge is 0.453 e. The molecular weight excluding hydrogens is 486 g/mol. The first-order chi connectivity index (χ1) is 16.2. The molecule has 0 fully saturated rings. The number of ether oxygens (including phenoxy) is 1. The second-order valence-corrected chi connectivity index (χ2v) is 7.93. The Balaban J connectivity index is 1.82. The van der Waals surface area contributed by atoms with E-state index in [0.717, 1.165) is 23.9 Å². The number of rotatable bonds is 5. The highest BCUT2D eigenvalue weighted by atomic mass is 19.4. The molecule has 1 aromatic carbocycles. The van der Waals surface area contributed by atoms with Gasteiger partial charge >= 0.3 is 18.1 Å². The molecule has 0 saturated heterocycles. The fourth-order valence-corrected chi connectivity index (χ4v) is 3.80. The fourth-order valence-electron chi connectivity index (χ4n) is 3.80. The summed E-state index contributed by atoms with van der Waals surface area (Å²) >= 11 is 0. The number of carbonyl (C=O) groups excluding carboxylic acids is 2. The van der Waals surface area contributed by atoms with Crippen LogP contribution in [0.15, 0.2) is 18.2 Å². The molecule has 0 saturated carbocycles. The van der Waals surface area contributed by atoms with Crippen LogP contribution in [0.5, 0.6) is 0 Å². The van der Waals surface area contributed by atoms with E-state index in [1.54, 1.807) is 0 Å². The fraction of sp³-hybridized carbons (Fsp3) is 0.350. The van der Waals surface area contributed by atoms with Gasteiger partial charge in [-0.3, -0.25) is 9.59 Å². The van der Waals surface area contributed by atoms with Gasteiger partial charge in [0.25, 0.3) is 5.95 Å². The molecule has 2 aromatic heterocycles. The number of nitrogens with zero attached hydrogens (tertiary/aromatic N) is 4. The summed E-state index contributed by atoms with van der Waals surface area (Å²) in [6, 6.07) is 3.14. The number of nitrogens with one attached hydrogen (secondary N) is 1. The van der Waals surface area contributed by atoms with Crippen LogP contribution in [0.25, 0.3) is 16.9 Å². The van der Waals surface area contributed by atoms with Crippen LogP contribution in [0.1, 0.15) is 24.6 Å². The van der Waals surface area contributed by atoms with E-state index in [1.807, 2.05) is 0 Å². The first-order valence-corrected chi connectivity index (χ1v) is 9.90. The van der Waals surface area contributed by atoms with E-state index in [-0.39, 0.29) is 39.7 Å². The number of methoxy groups -OCH3 is 1. The van der Waals surface area contributed by atoms with Crippen LogP contribution < -0.4 is 11.1 Å². The Morgan fingerprint density at radius 3 is 2.54 bits per heavy atom. The number of nitrogens with two attached hydrogens (primary N) is 1. The Bertz CT molecular complexity index is 1370. The van der Waals surface area contributed by atoms with Crippen LogP contribution >= 0.6 is 0 Å². The molecule has 3 heterocycles. The van der Waals surface area contributed by atoms with Crippen LogP contribution in [0.4, 0.5) is 38.0 Å². The Morgan fingerprint density at radius 2 is 1.91 bits per heavy atom. The SMILES string of the molecule is COC(=O)C1(C)C(=O)Nc2nc(-n3nc(CCC(F)(F)C(F)(F)F)c4cc(F)ccc43)nc(N)c21.